The van der Waals surface area contributed by atoms with Gasteiger partial charge < -0.3 is 14.4 Å². The third-order valence-corrected chi connectivity index (χ3v) is 6.56. The Hall–Kier alpha value is -2.30. The molecular formula is C22H29N3O2. The zero-order valence-corrected chi connectivity index (χ0v) is 16.8. The number of nitrogens with zero attached hydrogens (tertiary/aromatic N) is 3. The number of aromatic nitrogens is 1. The van der Waals surface area contributed by atoms with Crippen molar-refractivity contribution in [2.24, 2.45) is 12.5 Å². The molecule has 2 aliphatic rings. The van der Waals surface area contributed by atoms with Gasteiger partial charge in [-0.15, -0.1) is 0 Å². The summed E-state index contributed by atoms with van der Waals surface area (Å²) in [5, 5.41) is 1.12. The molecule has 2 amide bonds. The molecule has 1 unspecified atom stereocenters. The van der Waals surface area contributed by atoms with Gasteiger partial charge in [-0.1, -0.05) is 12.1 Å². The Balaban J connectivity index is 1.61. The second-order valence-electron chi connectivity index (χ2n) is 8.55. The van der Waals surface area contributed by atoms with Crippen molar-refractivity contribution in [3.8, 4) is 0 Å². The first-order valence-electron chi connectivity index (χ1n) is 9.99. The molecule has 0 aliphatic carbocycles. The van der Waals surface area contributed by atoms with Gasteiger partial charge >= 0.3 is 0 Å². The summed E-state index contributed by atoms with van der Waals surface area (Å²) in [6, 6.07) is 8.37. The van der Waals surface area contributed by atoms with Crippen LogP contribution in [0, 0.1) is 12.3 Å². The lowest BCUT2D eigenvalue weighted by molar-refractivity contribution is -0.147. The highest BCUT2D eigenvalue weighted by Crippen LogP contribution is 2.41. The first-order valence-corrected chi connectivity index (χ1v) is 9.99. The fourth-order valence-electron chi connectivity index (χ4n) is 4.89. The third kappa shape index (κ3) is 2.75. The monoisotopic (exact) mass is 367 g/mol. The van der Waals surface area contributed by atoms with Crippen LogP contribution in [-0.2, 0) is 11.8 Å². The summed E-state index contributed by atoms with van der Waals surface area (Å²) in [6.45, 7) is 8.28. The Morgan fingerprint density at radius 2 is 1.96 bits per heavy atom. The van der Waals surface area contributed by atoms with Gasteiger partial charge in [-0.25, -0.2) is 0 Å². The van der Waals surface area contributed by atoms with Gasteiger partial charge in [-0.05, 0) is 57.7 Å². The van der Waals surface area contributed by atoms with Gasteiger partial charge in [0, 0.05) is 43.6 Å². The minimum absolute atomic E-state index is 0.0412. The highest BCUT2D eigenvalue weighted by atomic mass is 16.2. The molecule has 5 nitrogen and oxygen atoms in total. The molecule has 144 valence electrons. The normalized spacial score (nSPS) is 23.2. The average Bonchev–Trinajstić information content (AvgIpc) is 3.21. The minimum atomic E-state index is -0.376. The molecule has 1 aromatic carbocycles. The van der Waals surface area contributed by atoms with E-state index < -0.39 is 0 Å². The molecule has 4 rings (SSSR count). The zero-order chi connectivity index (χ0) is 19.3. The highest BCUT2D eigenvalue weighted by Gasteiger charge is 2.50. The first-order chi connectivity index (χ1) is 12.8. The van der Waals surface area contributed by atoms with Crippen LogP contribution in [0.15, 0.2) is 24.3 Å². The Bertz CT molecular complexity index is 914. The van der Waals surface area contributed by atoms with Crippen LogP contribution in [0.25, 0.3) is 10.9 Å². The van der Waals surface area contributed by atoms with E-state index in [9.17, 15) is 9.59 Å². The molecule has 5 heteroatoms. The van der Waals surface area contributed by atoms with E-state index in [2.05, 4.69) is 32.9 Å². The van der Waals surface area contributed by atoms with Crippen molar-refractivity contribution in [3.05, 3.63) is 35.5 Å². The molecule has 0 N–H and O–H groups in total. The van der Waals surface area contributed by atoms with Crippen LogP contribution in [0.5, 0.6) is 0 Å². The SMILES string of the molecule is Cc1cccc2c1cc(C(=O)N1CCC3(CCCN(C(C)C)C3=O)C1)n2C. The molecule has 1 spiro atoms. The van der Waals surface area contributed by atoms with E-state index in [0.717, 1.165) is 36.7 Å². The summed E-state index contributed by atoms with van der Waals surface area (Å²) >= 11 is 0. The number of carbonyl (C=O) groups is 2. The van der Waals surface area contributed by atoms with Gasteiger partial charge in [0.05, 0.1) is 5.41 Å². The lowest BCUT2D eigenvalue weighted by Gasteiger charge is -2.41. The summed E-state index contributed by atoms with van der Waals surface area (Å²) in [4.78, 5) is 30.3. The molecule has 0 radical (unpaired) electrons. The highest BCUT2D eigenvalue weighted by molar-refractivity contribution is 6.00. The van der Waals surface area contributed by atoms with Gasteiger partial charge in [0.15, 0.2) is 0 Å². The molecule has 2 aliphatic heterocycles. The van der Waals surface area contributed by atoms with Crippen LogP contribution in [-0.4, -0.2) is 51.9 Å². The first kappa shape index (κ1) is 18.1. The minimum Gasteiger partial charge on any atom is -0.340 e. The number of aryl methyl sites for hydroxylation is 2. The Labute approximate surface area is 160 Å². The van der Waals surface area contributed by atoms with Crippen molar-refractivity contribution in [3.63, 3.8) is 0 Å². The summed E-state index contributed by atoms with van der Waals surface area (Å²) < 4.78 is 1.98. The summed E-state index contributed by atoms with van der Waals surface area (Å²) in [6.07, 6.45) is 2.70. The maximum Gasteiger partial charge on any atom is 0.270 e. The Morgan fingerprint density at radius 3 is 2.67 bits per heavy atom. The fraction of sp³-hybridized carbons (Fsp3) is 0.545. The quantitative estimate of drug-likeness (QED) is 0.817. The van der Waals surface area contributed by atoms with E-state index in [4.69, 9.17) is 0 Å². The number of rotatable bonds is 2. The van der Waals surface area contributed by atoms with Crippen molar-refractivity contribution in [1.82, 2.24) is 14.4 Å². The fourth-order valence-corrected chi connectivity index (χ4v) is 4.89. The van der Waals surface area contributed by atoms with Gasteiger partial charge in [0.2, 0.25) is 5.91 Å². The van der Waals surface area contributed by atoms with Crippen molar-refractivity contribution in [2.45, 2.75) is 46.1 Å². The van der Waals surface area contributed by atoms with Crippen LogP contribution in [0.3, 0.4) is 0 Å². The standard InChI is InChI=1S/C22H29N3O2/c1-15(2)25-11-6-9-22(21(25)27)10-12-24(14-22)20(26)19-13-17-16(3)7-5-8-18(17)23(19)4/h5,7-8,13,15H,6,9-12,14H2,1-4H3. The number of hydrogen-bond acceptors (Lipinski definition) is 2. The third-order valence-electron chi connectivity index (χ3n) is 6.56. The summed E-state index contributed by atoms with van der Waals surface area (Å²) in [5.74, 6) is 0.284. The van der Waals surface area contributed by atoms with E-state index in [1.807, 2.05) is 33.5 Å². The van der Waals surface area contributed by atoms with Crippen molar-refractivity contribution in [1.29, 1.82) is 0 Å². The molecule has 0 saturated carbocycles. The molecule has 1 aromatic heterocycles. The number of piperidine rings is 1. The lowest BCUT2D eigenvalue weighted by atomic mass is 9.78. The number of fused-ring (bicyclic) bond motifs is 1. The number of carbonyl (C=O) groups excluding carboxylic acids is 2. The second-order valence-corrected chi connectivity index (χ2v) is 8.55. The van der Waals surface area contributed by atoms with Crippen molar-refractivity contribution < 1.29 is 9.59 Å². The molecule has 2 saturated heterocycles. The summed E-state index contributed by atoms with van der Waals surface area (Å²) in [7, 11) is 1.95. The topological polar surface area (TPSA) is 45.6 Å². The smallest absolute Gasteiger partial charge is 0.270 e. The van der Waals surface area contributed by atoms with Gasteiger partial charge in [0.25, 0.3) is 5.91 Å². The predicted molar refractivity (Wildman–Crippen MR) is 107 cm³/mol. The van der Waals surface area contributed by atoms with Gasteiger partial charge in [0.1, 0.15) is 5.69 Å². The van der Waals surface area contributed by atoms with E-state index in [1.165, 1.54) is 5.56 Å². The largest absolute Gasteiger partial charge is 0.340 e. The molecule has 2 fully saturated rings. The maximum atomic E-state index is 13.3. The average molecular weight is 367 g/mol. The maximum absolute atomic E-state index is 13.3. The van der Waals surface area contributed by atoms with E-state index in [1.54, 1.807) is 0 Å². The van der Waals surface area contributed by atoms with Crippen LogP contribution in [0.4, 0.5) is 0 Å². The molecular weight excluding hydrogens is 338 g/mol. The summed E-state index contributed by atoms with van der Waals surface area (Å²) in [5.41, 5.74) is 2.58. The van der Waals surface area contributed by atoms with Gasteiger partial charge in [-0.3, -0.25) is 9.59 Å². The molecule has 0 bridgehead atoms. The van der Waals surface area contributed by atoms with Crippen LogP contribution in [0.1, 0.15) is 49.2 Å². The van der Waals surface area contributed by atoms with E-state index in [-0.39, 0.29) is 23.3 Å². The van der Waals surface area contributed by atoms with Crippen molar-refractivity contribution >= 4 is 22.7 Å². The molecule has 27 heavy (non-hydrogen) atoms. The molecule has 2 aromatic rings. The van der Waals surface area contributed by atoms with Crippen LogP contribution < -0.4 is 0 Å². The Morgan fingerprint density at radius 1 is 1.19 bits per heavy atom. The second kappa shape index (κ2) is 6.39. The lowest BCUT2D eigenvalue weighted by Crippen LogP contribution is -2.52. The van der Waals surface area contributed by atoms with E-state index >= 15 is 0 Å². The van der Waals surface area contributed by atoms with Crippen molar-refractivity contribution in [2.75, 3.05) is 19.6 Å². The molecule has 1 atom stereocenters. The van der Waals surface area contributed by atoms with Crippen LogP contribution in [0.2, 0.25) is 0 Å². The van der Waals surface area contributed by atoms with Crippen LogP contribution >= 0.6 is 0 Å². The Kier molecular flexibility index (Phi) is 4.28. The number of hydrogen-bond donors (Lipinski definition) is 0. The number of likely N-dealkylation sites (tertiary alicyclic amines) is 2. The zero-order valence-electron chi connectivity index (χ0n) is 16.8. The van der Waals surface area contributed by atoms with Gasteiger partial charge in [-0.2, -0.15) is 0 Å². The predicted octanol–water partition coefficient (Wildman–Crippen LogP) is 3.35. The number of amides is 2. The number of benzene rings is 1. The van der Waals surface area contributed by atoms with E-state index in [0.29, 0.717) is 18.8 Å². The molecule has 3 heterocycles.